The molecule has 0 spiro atoms. The number of benzene rings is 1. The van der Waals surface area contributed by atoms with Gasteiger partial charge in [-0.15, -0.1) is 11.3 Å². The summed E-state index contributed by atoms with van der Waals surface area (Å²) in [6, 6.07) is 5.73. The first kappa shape index (κ1) is 13.5. The van der Waals surface area contributed by atoms with E-state index in [0.717, 1.165) is 27.5 Å². The number of rotatable bonds is 3. The van der Waals surface area contributed by atoms with E-state index in [9.17, 15) is 4.79 Å². The highest BCUT2D eigenvalue weighted by molar-refractivity contribution is 7.09. The number of nitrogens with one attached hydrogen (secondary N) is 2. The van der Waals surface area contributed by atoms with Crippen molar-refractivity contribution in [2.45, 2.75) is 27.3 Å². The predicted molar refractivity (Wildman–Crippen MR) is 78.6 cm³/mol. The van der Waals surface area contributed by atoms with Gasteiger partial charge in [0.1, 0.15) is 5.01 Å². The summed E-state index contributed by atoms with van der Waals surface area (Å²) in [6.07, 6.45) is 0. The molecule has 0 fully saturated rings. The SMILES string of the molecule is Cc1csc(CNC(=O)Nc2c(C)cccc2C)n1. The van der Waals surface area contributed by atoms with E-state index in [1.54, 1.807) is 11.3 Å². The number of hydrogen-bond donors (Lipinski definition) is 2. The van der Waals surface area contributed by atoms with Crippen LogP contribution in [0.4, 0.5) is 10.5 Å². The van der Waals surface area contributed by atoms with E-state index in [4.69, 9.17) is 0 Å². The fraction of sp³-hybridized carbons (Fsp3) is 0.286. The standard InChI is InChI=1S/C14H17N3OS/c1-9-5-4-6-10(2)13(9)17-14(18)15-7-12-16-11(3)8-19-12/h4-6,8H,7H2,1-3H3,(H2,15,17,18). The third-order valence-electron chi connectivity index (χ3n) is 2.79. The highest BCUT2D eigenvalue weighted by Gasteiger charge is 2.07. The van der Waals surface area contributed by atoms with Crippen molar-refractivity contribution in [3.8, 4) is 0 Å². The lowest BCUT2D eigenvalue weighted by atomic mass is 10.1. The molecular formula is C14H17N3OS. The van der Waals surface area contributed by atoms with Gasteiger partial charge in [-0.1, -0.05) is 18.2 Å². The number of nitrogens with zero attached hydrogens (tertiary/aromatic N) is 1. The van der Waals surface area contributed by atoms with Gasteiger partial charge < -0.3 is 10.6 Å². The van der Waals surface area contributed by atoms with Gasteiger partial charge in [0.05, 0.1) is 6.54 Å². The summed E-state index contributed by atoms with van der Waals surface area (Å²) in [7, 11) is 0. The highest BCUT2D eigenvalue weighted by Crippen LogP contribution is 2.19. The Balaban J connectivity index is 1.94. The van der Waals surface area contributed by atoms with Gasteiger partial charge in [-0.3, -0.25) is 0 Å². The maximum atomic E-state index is 11.9. The Morgan fingerprint density at radius 1 is 1.26 bits per heavy atom. The third-order valence-corrected chi connectivity index (χ3v) is 3.75. The molecule has 2 N–H and O–H groups in total. The highest BCUT2D eigenvalue weighted by atomic mass is 32.1. The molecule has 0 bridgehead atoms. The number of para-hydroxylation sites is 1. The molecule has 1 heterocycles. The van der Waals surface area contributed by atoms with Gasteiger partial charge in [0.2, 0.25) is 0 Å². The minimum Gasteiger partial charge on any atom is -0.331 e. The zero-order valence-corrected chi connectivity index (χ0v) is 12.1. The van der Waals surface area contributed by atoms with E-state index in [1.165, 1.54) is 0 Å². The lowest BCUT2D eigenvalue weighted by molar-refractivity contribution is 0.251. The quantitative estimate of drug-likeness (QED) is 0.902. The van der Waals surface area contributed by atoms with Crippen LogP contribution in [0.1, 0.15) is 21.8 Å². The molecule has 100 valence electrons. The van der Waals surface area contributed by atoms with Crippen LogP contribution in [-0.2, 0) is 6.54 Å². The van der Waals surface area contributed by atoms with Gasteiger partial charge in [-0.2, -0.15) is 0 Å². The van der Waals surface area contributed by atoms with Crippen LogP contribution in [0.15, 0.2) is 23.6 Å². The monoisotopic (exact) mass is 275 g/mol. The van der Waals surface area contributed by atoms with Crippen LogP contribution in [0, 0.1) is 20.8 Å². The van der Waals surface area contributed by atoms with Crippen LogP contribution in [0.3, 0.4) is 0 Å². The second-order valence-corrected chi connectivity index (χ2v) is 5.40. The average Bonchev–Trinajstić information content (AvgIpc) is 2.77. The molecule has 0 saturated heterocycles. The van der Waals surface area contributed by atoms with E-state index in [2.05, 4.69) is 15.6 Å². The normalized spacial score (nSPS) is 10.3. The molecule has 0 unspecified atom stereocenters. The van der Waals surface area contributed by atoms with Crippen molar-refractivity contribution < 1.29 is 4.79 Å². The second-order valence-electron chi connectivity index (χ2n) is 4.46. The number of anilines is 1. The van der Waals surface area contributed by atoms with E-state index in [0.29, 0.717) is 6.54 Å². The zero-order valence-electron chi connectivity index (χ0n) is 11.3. The maximum absolute atomic E-state index is 11.9. The Hall–Kier alpha value is -1.88. The number of hydrogen-bond acceptors (Lipinski definition) is 3. The zero-order chi connectivity index (χ0) is 13.8. The molecule has 5 heteroatoms. The van der Waals surface area contributed by atoms with E-state index in [-0.39, 0.29) is 6.03 Å². The van der Waals surface area contributed by atoms with E-state index >= 15 is 0 Å². The number of thiazole rings is 1. The van der Waals surface area contributed by atoms with Crippen LogP contribution in [-0.4, -0.2) is 11.0 Å². The molecule has 1 aromatic heterocycles. The minimum atomic E-state index is -0.203. The summed E-state index contributed by atoms with van der Waals surface area (Å²) in [5, 5.41) is 8.58. The van der Waals surface area contributed by atoms with Crippen molar-refractivity contribution in [3.05, 3.63) is 45.4 Å². The van der Waals surface area contributed by atoms with Gasteiger partial charge in [-0.25, -0.2) is 9.78 Å². The van der Waals surface area contributed by atoms with E-state index < -0.39 is 0 Å². The van der Waals surface area contributed by atoms with Crippen LogP contribution in [0.5, 0.6) is 0 Å². The average molecular weight is 275 g/mol. The smallest absolute Gasteiger partial charge is 0.319 e. The fourth-order valence-corrected chi connectivity index (χ4v) is 2.52. The molecule has 0 aliphatic rings. The number of aryl methyl sites for hydroxylation is 3. The maximum Gasteiger partial charge on any atom is 0.319 e. The van der Waals surface area contributed by atoms with Crippen LogP contribution >= 0.6 is 11.3 Å². The third kappa shape index (κ3) is 3.54. The first-order valence-corrected chi connectivity index (χ1v) is 6.96. The molecule has 1 aromatic carbocycles. The Labute approximate surface area is 116 Å². The first-order chi connectivity index (χ1) is 9.06. The summed E-state index contributed by atoms with van der Waals surface area (Å²) < 4.78 is 0. The number of carbonyl (C=O) groups excluding carboxylic acids is 1. The number of urea groups is 1. The van der Waals surface area contributed by atoms with Crippen molar-refractivity contribution in [1.82, 2.24) is 10.3 Å². The van der Waals surface area contributed by atoms with Crippen molar-refractivity contribution in [3.63, 3.8) is 0 Å². The topological polar surface area (TPSA) is 54.0 Å². The molecule has 0 saturated carbocycles. The molecule has 0 aliphatic heterocycles. The summed E-state index contributed by atoms with van der Waals surface area (Å²) >= 11 is 1.55. The van der Waals surface area contributed by atoms with Gasteiger partial charge in [0, 0.05) is 16.8 Å². The second kappa shape index (κ2) is 5.84. The molecule has 0 aliphatic carbocycles. The van der Waals surface area contributed by atoms with Crippen molar-refractivity contribution in [2.24, 2.45) is 0 Å². The Bertz CT molecular complexity index is 572. The van der Waals surface area contributed by atoms with Gasteiger partial charge >= 0.3 is 6.03 Å². The molecular weight excluding hydrogens is 258 g/mol. The summed E-state index contributed by atoms with van der Waals surface area (Å²) in [4.78, 5) is 16.2. The van der Waals surface area contributed by atoms with Crippen LogP contribution < -0.4 is 10.6 Å². The van der Waals surface area contributed by atoms with Gasteiger partial charge in [0.25, 0.3) is 0 Å². The van der Waals surface area contributed by atoms with Crippen LogP contribution in [0.25, 0.3) is 0 Å². The van der Waals surface area contributed by atoms with E-state index in [1.807, 2.05) is 44.4 Å². The van der Waals surface area contributed by atoms with Crippen molar-refractivity contribution in [2.75, 3.05) is 5.32 Å². The summed E-state index contributed by atoms with van der Waals surface area (Å²) in [5.74, 6) is 0. The number of carbonyl (C=O) groups is 1. The number of aromatic nitrogens is 1. The number of amides is 2. The molecule has 0 radical (unpaired) electrons. The molecule has 4 nitrogen and oxygen atoms in total. The summed E-state index contributed by atoms with van der Waals surface area (Å²) in [6.45, 7) is 6.35. The minimum absolute atomic E-state index is 0.203. The van der Waals surface area contributed by atoms with Crippen molar-refractivity contribution in [1.29, 1.82) is 0 Å². The molecule has 2 aromatic rings. The van der Waals surface area contributed by atoms with Gasteiger partial charge in [0.15, 0.2) is 0 Å². The predicted octanol–water partition coefficient (Wildman–Crippen LogP) is 3.39. The Morgan fingerprint density at radius 3 is 2.53 bits per heavy atom. The largest absolute Gasteiger partial charge is 0.331 e. The summed E-state index contributed by atoms with van der Waals surface area (Å²) in [5.41, 5.74) is 3.97. The molecule has 2 rings (SSSR count). The lowest BCUT2D eigenvalue weighted by Crippen LogP contribution is -2.28. The van der Waals surface area contributed by atoms with Gasteiger partial charge in [-0.05, 0) is 31.9 Å². The molecule has 19 heavy (non-hydrogen) atoms. The first-order valence-electron chi connectivity index (χ1n) is 6.08. The molecule has 0 atom stereocenters. The van der Waals surface area contributed by atoms with Crippen molar-refractivity contribution >= 4 is 23.1 Å². The Kier molecular flexibility index (Phi) is 4.16. The molecule has 2 amide bonds. The van der Waals surface area contributed by atoms with Crippen LogP contribution in [0.2, 0.25) is 0 Å². The Morgan fingerprint density at radius 2 is 1.95 bits per heavy atom. The lowest BCUT2D eigenvalue weighted by Gasteiger charge is -2.11. The fourth-order valence-electron chi connectivity index (χ4n) is 1.81.